The minimum absolute atomic E-state index is 0.335. The first kappa shape index (κ1) is 18.3. The highest BCUT2D eigenvalue weighted by atomic mass is 35.5. The highest BCUT2D eigenvalue weighted by Gasteiger charge is 2.69. The quantitative estimate of drug-likeness (QED) is 0.620. The van der Waals surface area contributed by atoms with Crippen LogP contribution < -0.4 is 10.2 Å². The van der Waals surface area contributed by atoms with Gasteiger partial charge in [-0.15, -0.1) is 23.2 Å². The molecule has 1 aliphatic heterocycles. The molecular weight excluding hydrogens is 363 g/mol. The number of esters is 1. The van der Waals surface area contributed by atoms with Crippen LogP contribution in [0.25, 0.3) is 0 Å². The van der Waals surface area contributed by atoms with Crippen molar-refractivity contribution >= 4 is 46.5 Å². The monoisotopic (exact) mass is 384 g/mol. The number of ether oxygens (including phenoxy) is 1. The summed E-state index contributed by atoms with van der Waals surface area (Å²) < 4.78 is 3.94. The summed E-state index contributed by atoms with van der Waals surface area (Å²) in [5.41, 5.74) is 0.904. The van der Waals surface area contributed by atoms with Crippen molar-refractivity contribution in [3.05, 3.63) is 24.3 Å². The number of alkyl halides is 2. The van der Waals surface area contributed by atoms with Crippen molar-refractivity contribution in [2.24, 2.45) is 5.41 Å². The van der Waals surface area contributed by atoms with Gasteiger partial charge in [0.05, 0.1) is 0 Å². The molecule has 5 nitrogen and oxygen atoms in total. The van der Waals surface area contributed by atoms with Gasteiger partial charge in [0.2, 0.25) is 0 Å². The average molecular weight is 385 g/mol. The van der Waals surface area contributed by atoms with Crippen molar-refractivity contribution in [1.29, 1.82) is 0 Å². The van der Waals surface area contributed by atoms with E-state index >= 15 is 0 Å². The Morgan fingerprint density at radius 1 is 1.16 bits per heavy atom. The Bertz CT molecular complexity index is 657. The molecule has 0 unspecified atom stereocenters. The molecule has 136 valence electrons. The third-order valence-corrected chi connectivity index (χ3v) is 6.02. The number of anilines is 2. The highest BCUT2D eigenvalue weighted by Crippen LogP contribution is 2.64. The second-order valence-electron chi connectivity index (χ2n) is 6.93. The molecule has 0 aromatic heterocycles. The summed E-state index contributed by atoms with van der Waals surface area (Å²) in [7, 11) is 0. The normalized spacial score (nSPS) is 24.5. The van der Waals surface area contributed by atoms with E-state index in [4.69, 9.17) is 27.9 Å². The lowest BCUT2D eigenvalue weighted by Gasteiger charge is -2.28. The van der Waals surface area contributed by atoms with Gasteiger partial charge in [0.15, 0.2) is 6.61 Å². The Hall–Kier alpha value is -1.46. The van der Waals surface area contributed by atoms with Crippen molar-refractivity contribution < 1.29 is 14.3 Å². The van der Waals surface area contributed by atoms with Gasteiger partial charge in [0, 0.05) is 30.9 Å². The van der Waals surface area contributed by atoms with Crippen LogP contribution in [-0.2, 0) is 14.3 Å². The molecule has 7 heteroatoms. The van der Waals surface area contributed by atoms with Crippen LogP contribution in [0.3, 0.4) is 0 Å². The predicted octanol–water partition coefficient (Wildman–Crippen LogP) is 3.74. The summed E-state index contributed by atoms with van der Waals surface area (Å²) >= 11 is 11.9. The second kappa shape index (κ2) is 7.04. The van der Waals surface area contributed by atoms with Crippen molar-refractivity contribution in [1.82, 2.24) is 0 Å². The molecule has 25 heavy (non-hydrogen) atoms. The topological polar surface area (TPSA) is 58.6 Å². The highest BCUT2D eigenvalue weighted by molar-refractivity contribution is 6.53. The van der Waals surface area contributed by atoms with Crippen LogP contribution in [0.1, 0.15) is 32.6 Å². The first-order valence-electron chi connectivity index (χ1n) is 8.52. The van der Waals surface area contributed by atoms with Crippen LogP contribution in [0.5, 0.6) is 0 Å². The largest absolute Gasteiger partial charge is 0.455 e. The van der Waals surface area contributed by atoms with E-state index in [1.54, 1.807) is 6.92 Å². The van der Waals surface area contributed by atoms with Crippen LogP contribution in [0.2, 0.25) is 0 Å². The number of amides is 1. The maximum atomic E-state index is 11.9. The lowest BCUT2D eigenvalue weighted by Crippen LogP contribution is -2.29. The van der Waals surface area contributed by atoms with E-state index in [2.05, 4.69) is 10.2 Å². The summed E-state index contributed by atoms with van der Waals surface area (Å²) in [6.45, 7) is 3.42. The molecule has 1 saturated carbocycles. The fraction of sp³-hybridized carbons (Fsp3) is 0.556. The Balaban J connectivity index is 1.47. The SMILES string of the molecule is C[C@@]1(C(=O)OCC(=O)Nc2ccc(N3CCCCC3)cc2)CC1(Cl)Cl. The standard InChI is InChI=1S/C18H22Cl2N2O3/c1-17(12-18(17,19)20)16(24)25-11-15(23)21-13-5-7-14(8-6-13)22-9-3-2-4-10-22/h5-8H,2-4,9-12H2,1H3,(H,21,23)/t17-/m0/s1. The smallest absolute Gasteiger partial charge is 0.315 e. The molecule has 1 aliphatic carbocycles. The molecule has 1 amide bonds. The fourth-order valence-corrected chi connectivity index (χ4v) is 3.71. The number of halogens is 2. The summed E-state index contributed by atoms with van der Waals surface area (Å²) in [6.07, 6.45) is 4.06. The number of carbonyl (C=O) groups excluding carboxylic acids is 2. The van der Waals surface area contributed by atoms with Gasteiger partial charge in [0.1, 0.15) is 9.75 Å². The molecule has 1 aromatic rings. The molecule has 1 aromatic carbocycles. The number of hydrogen-bond acceptors (Lipinski definition) is 4. The van der Waals surface area contributed by atoms with Crippen LogP contribution in [0.15, 0.2) is 24.3 Å². The van der Waals surface area contributed by atoms with E-state index in [1.807, 2.05) is 24.3 Å². The zero-order valence-electron chi connectivity index (χ0n) is 14.2. The minimum atomic E-state index is -1.09. The van der Waals surface area contributed by atoms with E-state index in [-0.39, 0.29) is 6.61 Å². The molecule has 0 radical (unpaired) electrons. The van der Waals surface area contributed by atoms with E-state index < -0.39 is 21.6 Å². The van der Waals surface area contributed by atoms with Gasteiger partial charge in [-0.2, -0.15) is 0 Å². The minimum Gasteiger partial charge on any atom is -0.455 e. The fourth-order valence-electron chi connectivity index (χ4n) is 3.02. The Kier molecular flexibility index (Phi) is 5.16. The number of rotatable bonds is 5. The summed E-state index contributed by atoms with van der Waals surface area (Å²) in [4.78, 5) is 26.2. The third kappa shape index (κ3) is 4.04. The first-order valence-corrected chi connectivity index (χ1v) is 9.27. The Labute approximate surface area is 157 Å². The van der Waals surface area contributed by atoms with E-state index in [9.17, 15) is 9.59 Å². The Morgan fingerprint density at radius 3 is 2.32 bits per heavy atom. The van der Waals surface area contributed by atoms with Crippen molar-refractivity contribution in [2.75, 3.05) is 29.9 Å². The van der Waals surface area contributed by atoms with Gasteiger partial charge in [0.25, 0.3) is 5.91 Å². The zero-order valence-corrected chi connectivity index (χ0v) is 15.7. The average Bonchev–Trinajstić information content (AvgIpc) is 3.13. The number of piperidine rings is 1. The zero-order chi connectivity index (χ0) is 18.1. The molecule has 0 bridgehead atoms. The van der Waals surface area contributed by atoms with E-state index in [0.717, 1.165) is 18.8 Å². The van der Waals surface area contributed by atoms with Gasteiger partial charge < -0.3 is 15.0 Å². The summed E-state index contributed by atoms with van der Waals surface area (Å²) in [5, 5.41) is 2.72. The van der Waals surface area contributed by atoms with Gasteiger partial charge >= 0.3 is 5.97 Å². The molecule has 2 fully saturated rings. The number of nitrogens with one attached hydrogen (secondary N) is 1. The van der Waals surface area contributed by atoms with Crippen LogP contribution in [0, 0.1) is 5.41 Å². The molecule has 1 atom stereocenters. The number of hydrogen-bond donors (Lipinski definition) is 1. The van der Waals surface area contributed by atoms with Crippen LogP contribution in [-0.4, -0.2) is 35.9 Å². The molecule has 2 aliphatic rings. The van der Waals surface area contributed by atoms with E-state index in [0.29, 0.717) is 12.1 Å². The molecular formula is C18H22Cl2N2O3. The van der Waals surface area contributed by atoms with Crippen molar-refractivity contribution in [3.8, 4) is 0 Å². The maximum absolute atomic E-state index is 11.9. The van der Waals surface area contributed by atoms with Crippen LogP contribution >= 0.6 is 23.2 Å². The Morgan fingerprint density at radius 2 is 1.76 bits per heavy atom. The van der Waals surface area contributed by atoms with Crippen LogP contribution in [0.4, 0.5) is 11.4 Å². The third-order valence-electron chi connectivity index (χ3n) is 4.91. The van der Waals surface area contributed by atoms with E-state index in [1.165, 1.54) is 19.3 Å². The number of carbonyl (C=O) groups is 2. The molecule has 1 heterocycles. The number of nitrogens with zero attached hydrogens (tertiary/aromatic N) is 1. The first-order chi connectivity index (χ1) is 11.8. The lowest BCUT2D eigenvalue weighted by molar-refractivity contribution is -0.152. The van der Waals surface area contributed by atoms with Crippen molar-refractivity contribution in [2.45, 2.75) is 36.9 Å². The van der Waals surface area contributed by atoms with Gasteiger partial charge in [-0.05, 0) is 50.5 Å². The predicted molar refractivity (Wildman–Crippen MR) is 99.3 cm³/mol. The lowest BCUT2D eigenvalue weighted by atomic mass is 10.1. The van der Waals surface area contributed by atoms with Crippen molar-refractivity contribution in [3.63, 3.8) is 0 Å². The molecule has 1 saturated heterocycles. The van der Waals surface area contributed by atoms with Gasteiger partial charge in [-0.25, -0.2) is 0 Å². The molecule has 0 spiro atoms. The van der Waals surface area contributed by atoms with Gasteiger partial charge in [-0.1, -0.05) is 0 Å². The summed E-state index contributed by atoms with van der Waals surface area (Å²) in [5.74, 6) is -0.939. The molecule has 1 N–H and O–H groups in total. The molecule has 3 rings (SSSR count). The number of benzene rings is 1. The maximum Gasteiger partial charge on any atom is 0.315 e. The van der Waals surface area contributed by atoms with Gasteiger partial charge in [-0.3, -0.25) is 9.59 Å². The second-order valence-corrected chi connectivity index (χ2v) is 8.42. The summed E-state index contributed by atoms with van der Waals surface area (Å²) in [6, 6.07) is 7.70.